The van der Waals surface area contributed by atoms with Crippen LogP contribution in [0.5, 0.6) is 0 Å². The van der Waals surface area contributed by atoms with E-state index in [4.69, 9.17) is 4.42 Å². The Labute approximate surface area is 152 Å². The number of aromatic nitrogens is 1. The second-order valence-corrected chi connectivity index (χ2v) is 6.42. The summed E-state index contributed by atoms with van der Waals surface area (Å²) in [4.78, 5) is 34.0. The van der Waals surface area contributed by atoms with Crippen molar-refractivity contribution in [3.63, 3.8) is 0 Å². The number of nitrogens with one attached hydrogen (secondary N) is 1. The molecule has 8 heteroatoms. The van der Waals surface area contributed by atoms with Gasteiger partial charge in [-0.05, 0) is 19.7 Å². The molecule has 2 aromatic rings. The van der Waals surface area contributed by atoms with Crippen molar-refractivity contribution >= 4 is 18.0 Å². The van der Waals surface area contributed by atoms with E-state index in [0.717, 1.165) is 12.1 Å². The molecule has 0 bridgehead atoms. The van der Waals surface area contributed by atoms with Gasteiger partial charge in [-0.15, -0.1) is 0 Å². The first-order valence-electron chi connectivity index (χ1n) is 8.53. The number of carbonyl (C=O) groups is 2. The number of anilines is 1. The Balaban J connectivity index is 1.59. The average molecular weight is 357 g/mol. The summed E-state index contributed by atoms with van der Waals surface area (Å²) in [5, 5.41) is 2.77. The highest BCUT2D eigenvalue weighted by Gasteiger charge is 2.33. The third kappa shape index (κ3) is 4.20. The predicted octanol–water partition coefficient (Wildman–Crippen LogP) is 1.41. The van der Waals surface area contributed by atoms with Crippen LogP contribution in [0.25, 0.3) is 0 Å². The van der Waals surface area contributed by atoms with E-state index in [0.29, 0.717) is 26.2 Å². The third-order valence-electron chi connectivity index (χ3n) is 4.11. The first-order valence-corrected chi connectivity index (χ1v) is 8.53. The smallest absolute Gasteiger partial charge is 0.328 e. The van der Waals surface area contributed by atoms with Gasteiger partial charge >= 0.3 is 12.0 Å². The number of oxazole rings is 1. The Kier molecular flexibility index (Phi) is 5.52. The number of hydrogen-bond donors (Lipinski definition) is 1. The van der Waals surface area contributed by atoms with Gasteiger partial charge in [0.15, 0.2) is 5.69 Å². The molecular formula is C18H23N5O3. The van der Waals surface area contributed by atoms with Gasteiger partial charge in [-0.1, -0.05) is 30.3 Å². The molecule has 1 N–H and O–H groups in total. The first kappa shape index (κ1) is 17.9. The number of carbonyl (C=O) groups excluding carboxylic acids is 2. The molecule has 1 aliphatic rings. The summed E-state index contributed by atoms with van der Waals surface area (Å²) in [6, 6.07) is 9.79. The molecule has 0 atom stereocenters. The largest absolute Gasteiger partial charge is 0.431 e. The number of amides is 3. The van der Waals surface area contributed by atoms with Crippen molar-refractivity contribution in [3.05, 3.63) is 47.9 Å². The van der Waals surface area contributed by atoms with Crippen LogP contribution in [-0.2, 0) is 6.54 Å². The number of hydrogen-bond acceptors (Lipinski definition) is 5. The molecule has 0 spiro atoms. The summed E-state index contributed by atoms with van der Waals surface area (Å²) in [5.74, 6) is -0.311. The summed E-state index contributed by atoms with van der Waals surface area (Å²) < 4.78 is 5.36. The highest BCUT2D eigenvalue weighted by Crippen LogP contribution is 2.21. The Morgan fingerprint density at radius 1 is 1.27 bits per heavy atom. The van der Waals surface area contributed by atoms with E-state index in [2.05, 4.69) is 10.3 Å². The van der Waals surface area contributed by atoms with Gasteiger partial charge in [0.05, 0.1) is 0 Å². The zero-order valence-corrected chi connectivity index (χ0v) is 15.0. The molecule has 2 heterocycles. The first-order chi connectivity index (χ1) is 12.5. The standard InChI is InChI=1S/C18H23N5O3/c1-21(2)9-8-19-16(24)15-13-26-17(20-15)23-11-10-22(18(23)25)12-14-6-4-3-5-7-14/h3-7,13H,8-12H2,1-2H3,(H,19,24). The molecule has 1 saturated heterocycles. The Morgan fingerprint density at radius 3 is 2.77 bits per heavy atom. The van der Waals surface area contributed by atoms with Crippen molar-refractivity contribution in [2.75, 3.05) is 45.2 Å². The lowest BCUT2D eigenvalue weighted by Gasteiger charge is -2.16. The molecule has 0 saturated carbocycles. The molecule has 138 valence electrons. The van der Waals surface area contributed by atoms with Crippen molar-refractivity contribution in [1.29, 1.82) is 0 Å². The minimum absolute atomic E-state index is 0.156. The molecular weight excluding hydrogens is 334 g/mol. The fourth-order valence-electron chi connectivity index (χ4n) is 2.69. The SMILES string of the molecule is CN(C)CCNC(=O)c1coc(N2CCN(Cc3ccccc3)C2=O)n1. The second kappa shape index (κ2) is 8.01. The van der Waals surface area contributed by atoms with E-state index in [1.165, 1.54) is 11.2 Å². The molecule has 1 fully saturated rings. The summed E-state index contributed by atoms with van der Waals surface area (Å²) >= 11 is 0. The highest BCUT2D eigenvalue weighted by molar-refractivity contribution is 5.94. The topological polar surface area (TPSA) is 81.9 Å². The van der Waals surface area contributed by atoms with E-state index in [-0.39, 0.29) is 23.6 Å². The number of nitrogens with zero attached hydrogens (tertiary/aromatic N) is 4. The maximum Gasteiger partial charge on any atom is 0.328 e. The molecule has 0 aliphatic carbocycles. The summed E-state index contributed by atoms with van der Waals surface area (Å²) in [6.07, 6.45) is 1.29. The number of urea groups is 1. The van der Waals surface area contributed by atoms with Crippen LogP contribution in [0, 0.1) is 0 Å². The molecule has 8 nitrogen and oxygen atoms in total. The van der Waals surface area contributed by atoms with Crippen LogP contribution >= 0.6 is 0 Å². The molecule has 1 aliphatic heterocycles. The summed E-state index contributed by atoms with van der Waals surface area (Å²) in [5.41, 5.74) is 1.24. The van der Waals surface area contributed by atoms with Gasteiger partial charge in [0.2, 0.25) is 0 Å². The van der Waals surface area contributed by atoms with E-state index >= 15 is 0 Å². The fourth-order valence-corrected chi connectivity index (χ4v) is 2.69. The fraction of sp³-hybridized carbons (Fsp3) is 0.389. The van der Waals surface area contributed by atoms with Gasteiger partial charge in [0.25, 0.3) is 5.91 Å². The Morgan fingerprint density at radius 2 is 2.04 bits per heavy atom. The Hall–Kier alpha value is -2.87. The van der Waals surface area contributed by atoms with Crippen LogP contribution in [0.4, 0.5) is 10.8 Å². The van der Waals surface area contributed by atoms with Gasteiger partial charge < -0.3 is 19.5 Å². The van der Waals surface area contributed by atoms with Gasteiger partial charge in [-0.25, -0.2) is 9.69 Å². The van der Waals surface area contributed by atoms with E-state index < -0.39 is 0 Å². The van der Waals surface area contributed by atoms with Crippen LogP contribution in [0.1, 0.15) is 16.1 Å². The zero-order chi connectivity index (χ0) is 18.5. The van der Waals surface area contributed by atoms with Crippen molar-refractivity contribution in [2.24, 2.45) is 0 Å². The van der Waals surface area contributed by atoms with Gasteiger partial charge in [-0.2, -0.15) is 4.98 Å². The van der Waals surface area contributed by atoms with Crippen LogP contribution in [0.15, 0.2) is 41.0 Å². The maximum atomic E-state index is 12.6. The Bertz CT molecular complexity index is 759. The number of likely N-dealkylation sites (N-methyl/N-ethyl adjacent to an activating group) is 1. The molecule has 3 amide bonds. The van der Waals surface area contributed by atoms with Crippen molar-refractivity contribution in [1.82, 2.24) is 20.1 Å². The third-order valence-corrected chi connectivity index (χ3v) is 4.11. The minimum atomic E-state index is -0.311. The normalized spacial score (nSPS) is 14.3. The van der Waals surface area contributed by atoms with E-state index in [9.17, 15) is 9.59 Å². The van der Waals surface area contributed by atoms with E-state index in [1.807, 2.05) is 49.3 Å². The minimum Gasteiger partial charge on any atom is -0.431 e. The maximum absolute atomic E-state index is 12.6. The van der Waals surface area contributed by atoms with Gasteiger partial charge in [0.1, 0.15) is 6.26 Å². The predicted molar refractivity (Wildman–Crippen MR) is 97.0 cm³/mol. The van der Waals surface area contributed by atoms with Crippen LogP contribution in [0.3, 0.4) is 0 Å². The number of rotatable bonds is 7. The highest BCUT2D eigenvalue weighted by atomic mass is 16.4. The lowest BCUT2D eigenvalue weighted by atomic mass is 10.2. The molecule has 0 unspecified atom stereocenters. The average Bonchev–Trinajstić information content (AvgIpc) is 3.23. The van der Waals surface area contributed by atoms with Gasteiger partial charge in [-0.3, -0.25) is 4.79 Å². The molecule has 1 aromatic carbocycles. The molecule has 3 rings (SSSR count). The van der Waals surface area contributed by atoms with Crippen LogP contribution in [-0.4, -0.2) is 67.0 Å². The quantitative estimate of drug-likeness (QED) is 0.810. The van der Waals surface area contributed by atoms with Gasteiger partial charge in [0, 0.05) is 32.7 Å². The molecule has 0 radical (unpaired) electrons. The van der Waals surface area contributed by atoms with Crippen molar-refractivity contribution in [3.8, 4) is 0 Å². The van der Waals surface area contributed by atoms with Crippen molar-refractivity contribution in [2.45, 2.75) is 6.54 Å². The monoisotopic (exact) mass is 357 g/mol. The van der Waals surface area contributed by atoms with Crippen molar-refractivity contribution < 1.29 is 14.0 Å². The molecule has 26 heavy (non-hydrogen) atoms. The molecule has 1 aromatic heterocycles. The summed E-state index contributed by atoms with van der Waals surface area (Å²) in [6.45, 7) is 2.85. The zero-order valence-electron chi connectivity index (χ0n) is 15.0. The summed E-state index contributed by atoms with van der Waals surface area (Å²) in [7, 11) is 3.86. The lowest BCUT2D eigenvalue weighted by molar-refractivity contribution is 0.0946. The van der Waals surface area contributed by atoms with Crippen LogP contribution < -0.4 is 10.2 Å². The number of benzene rings is 1. The van der Waals surface area contributed by atoms with Crippen LogP contribution in [0.2, 0.25) is 0 Å². The van der Waals surface area contributed by atoms with E-state index in [1.54, 1.807) is 4.90 Å². The lowest BCUT2D eigenvalue weighted by Crippen LogP contribution is -2.32. The second-order valence-electron chi connectivity index (χ2n) is 6.42.